The van der Waals surface area contributed by atoms with E-state index >= 15 is 0 Å². The zero-order chi connectivity index (χ0) is 21.3. The number of likely N-dealkylation sites (tertiary alicyclic amines) is 1. The first-order valence-corrected chi connectivity index (χ1v) is 10.8. The van der Waals surface area contributed by atoms with Crippen LogP contribution in [-0.2, 0) is 9.53 Å². The van der Waals surface area contributed by atoms with Crippen molar-refractivity contribution in [2.45, 2.75) is 25.3 Å². The number of benzene rings is 1. The minimum Gasteiger partial charge on any atom is -0.497 e. The molecule has 3 rings (SSSR count). The Bertz CT molecular complexity index is 703. The van der Waals surface area contributed by atoms with Gasteiger partial charge in [-0.2, -0.15) is 0 Å². The molecule has 0 radical (unpaired) electrons. The van der Waals surface area contributed by atoms with Crippen LogP contribution in [0.2, 0.25) is 0 Å². The average molecular weight is 418 g/mol. The SMILES string of the molecule is CN=C(NCC(c1ccc(OC)cc1)N1CCOCC1)N1CCCC(CC(N)=O)C1. The van der Waals surface area contributed by atoms with Crippen molar-refractivity contribution in [1.29, 1.82) is 0 Å². The lowest BCUT2D eigenvalue weighted by molar-refractivity contribution is -0.119. The van der Waals surface area contributed by atoms with Crippen LogP contribution in [0, 0.1) is 5.92 Å². The molecule has 2 fully saturated rings. The van der Waals surface area contributed by atoms with Gasteiger partial charge in [-0.15, -0.1) is 0 Å². The van der Waals surface area contributed by atoms with Crippen LogP contribution >= 0.6 is 0 Å². The van der Waals surface area contributed by atoms with Crippen molar-refractivity contribution in [3.63, 3.8) is 0 Å². The molecule has 2 unspecified atom stereocenters. The topological polar surface area (TPSA) is 92.4 Å². The van der Waals surface area contributed by atoms with E-state index in [1.54, 1.807) is 7.11 Å². The lowest BCUT2D eigenvalue weighted by Gasteiger charge is -2.38. The average Bonchev–Trinajstić information content (AvgIpc) is 2.77. The summed E-state index contributed by atoms with van der Waals surface area (Å²) in [5.41, 5.74) is 6.66. The smallest absolute Gasteiger partial charge is 0.217 e. The Morgan fingerprint density at radius 3 is 2.67 bits per heavy atom. The van der Waals surface area contributed by atoms with Gasteiger partial charge in [0.15, 0.2) is 5.96 Å². The van der Waals surface area contributed by atoms with Crippen molar-refractivity contribution in [3.05, 3.63) is 29.8 Å². The number of carbonyl (C=O) groups is 1. The summed E-state index contributed by atoms with van der Waals surface area (Å²) < 4.78 is 10.9. The number of aliphatic imine (C=N–C) groups is 1. The zero-order valence-corrected chi connectivity index (χ0v) is 18.2. The molecule has 8 nitrogen and oxygen atoms in total. The van der Waals surface area contributed by atoms with Gasteiger partial charge in [0.1, 0.15) is 5.75 Å². The fourth-order valence-corrected chi connectivity index (χ4v) is 4.40. The van der Waals surface area contributed by atoms with Crippen LogP contribution < -0.4 is 15.8 Å². The Morgan fingerprint density at radius 2 is 2.03 bits per heavy atom. The van der Waals surface area contributed by atoms with Gasteiger partial charge in [-0.25, -0.2) is 0 Å². The van der Waals surface area contributed by atoms with Crippen LogP contribution in [0.4, 0.5) is 0 Å². The number of morpholine rings is 1. The Kier molecular flexibility index (Phi) is 8.33. The van der Waals surface area contributed by atoms with E-state index in [-0.39, 0.29) is 11.9 Å². The van der Waals surface area contributed by atoms with Crippen LogP contribution in [0.3, 0.4) is 0 Å². The molecule has 0 saturated carbocycles. The molecule has 2 aliphatic rings. The van der Waals surface area contributed by atoms with E-state index in [0.717, 1.165) is 70.5 Å². The second-order valence-corrected chi connectivity index (χ2v) is 7.99. The standard InChI is InChI=1S/C22H35N5O3/c1-24-22(27-9-3-4-17(16-27)14-21(23)28)25-15-20(26-10-12-30-13-11-26)18-5-7-19(29-2)8-6-18/h5-8,17,20H,3-4,9-16H2,1-2H3,(H2,23,28)(H,24,25). The van der Waals surface area contributed by atoms with E-state index in [4.69, 9.17) is 15.2 Å². The predicted octanol–water partition coefficient (Wildman–Crippen LogP) is 1.23. The number of piperidine rings is 1. The number of nitrogens with one attached hydrogen (secondary N) is 1. The first-order valence-electron chi connectivity index (χ1n) is 10.8. The van der Waals surface area contributed by atoms with Crippen LogP contribution in [0.1, 0.15) is 30.9 Å². The number of guanidine groups is 1. The number of methoxy groups -OCH3 is 1. The Balaban J connectivity index is 1.67. The van der Waals surface area contributed by atoms with Gasteiger partial charge in [0.25, 0.3) is 0 Å². The molecule has 0 spiro atoms. The van der Waals surface area contributed by atoms with Gasteiger partial charge < -0.3 is 25.4 Å². The summed E-state index contributed by atoms with van der Waals surface area (Å²) >= 11 is 0. The third kappa shape index (κ3) is 6.09. The van der Waals surface area contributed by atoms with Gasteiger partial charge >= 0.3 is 0 Å². The summed E-state index contributed by atoms with van der Waals surface area (Å²) in [4.78, 5) is 20.6. The van der Waals surface area contributed by atoms with E-state index in [0.29, 0.717) is 12.3 Å². The maximum atomic E-state index is 11.3. The summed E-state index contributed by atoms with van der Waals surface area (Å²) in [6.45, 7) is 5.82. The molecule has 1 aromatic carbocycles. The van der Waals surface area contributed by atoms with Gasteiger partial charge in [0, 0.05) is 46.2 Å². The zero-order valence-electron chi connectivity index (χ0n) is 18.2. The molecule has 0 aromatic heterocycles. The summed E-state index contributed by atoms with van der Waals surface area (Å²) in [6.07, 6.45) is 2.53. The molecular weight excluding hydrogens is 382 g/mol. The van der Waals surface area contributed by atoms with Gasteiger partial charge in [0.05, 0.1) is 26.4 Å². The Hall–Kier alpha value is -2.32. The number of carbonyl (C=O) groups excluding carboxylic acids is 1. The van der Waals surface area contributed by atoms with Crippen molar-refractivity contribution in [1.82, 2.24) is 15.1 Å². The molecule has 166 valence electrons. The predicted molar refractivity (Wildman–Crippen MR) is 118 cm³/mol. The second kappa shape index (κ2) is 11.2. The van der Waals surface area contributed by atoms with Gasteiger partial charge in [-0.1, -0.05) is 12.1 Å². The molecule has 8 heteroatoms. The van der Waals surface area contributed by atoms with Crippen LogP contribution in [0.15, 0.2) is 29.3 Å². The number of hydrogen-bond acceptors (Lipinski definition) is 5. The molecule has 2 heterocycles. The Labute approximate surface area is 179 Å². The third-order valence-corrected chi connectivity index (χ3v) is 5.96. The number of hydrogen-bond donors (Lipinski definition) is 2. The molecule has 0 bridgehead atoms. The largest absolute Gasteiger partial charge is 0.497 e. The summed E-state index contributed by atoms with van der Waals surface area (Å²) in [5.74, 6) is 1.82. The monoisotopic (exact) mass is 417 g/mol. The first kappa shape index (κ1) is 22.4. The maximum absolute atomic E-state index is 11.3. The van der Waals surface area contributed by atoms with E-state index in [9.17, 15) is 4.79 Å². The molecular formula is C22H35N5O3. The molecule has 0 aliphatic carbocycles. The molecule has 30 heavy (non-hydrogen) atoms. The Morgan fingerprint density at radius 1 is 1.30 bits per heavy atom. The number of nitrogens with zero attached hydrogens (tertiary/aromatic N) is 3. The quantitative estimate of drug-likeness (QED) is 0.512. The normalized spacial score (nSPS) is 21.9. The number of rotatable bonds is 7. The second-order valence-electron chi connectivity index (χ2n) is 7.99. The summed E-state index contributed by atoms with van der Waals surface area (Å²) in [5, 5.41) is 3.58. The molecule has 1 amide bonds. The fraction of sp³-hybridized carbons (Fsp3) is 0.636. The first-order chi connectivity index (χ1) is 14.6. The molecule has 3 N–H and O–H groups in total. The van der Waals surface area contributed by atoms with Gasteiger partial charge in [0.2, 0.25) is 5.91 Å². The highest BCUT2D eigenvalue weighted by atomic mass is 16.5. The number of amides is 1. The van der Waals surface area contributed by atoms with Crippen LogP contribution in [-0.4, -0.2) is 81.8 Å². The lowest BCUT2D eigenvalue weighted by atomic mass is 9.95. The highest BCUT2D eigenvalue weighted by Gasteiger charge is 2.26. The van der Waals surface area contributed by atoms with Crippen molar-refractivity contribution >= 4 is 11.9 Å². The van der Waals surface area contributed by atoms with Crippen LogP contribution in [0.5, 0.6) is 5.75 Å². The summed E-state index contributed by atoms with van der Waals surface area (Å²) in [7, 11) is 3.50. The van der Waals surface area contributed by atoms with Gasteiger partial charge in [-0.05, 0) is 36.5 Å². The minimum absolute atomic E-state index is 0.211. The minimum atomic E-state index is -0.225. The number of nitrogens with two attached hydrogens (primary N) is 1. The van der Waals surface area contributed by atoms with E-state index in [1.807, 2.05) is 19.2 Å². The van der Waals surface area contributed by atoms with Crippen molar-refractivity contribution < 1.29 is 14.3 Å². The molecule has 2 saturated heterocycles. The molecule has 2 aliphatic heterocycles. The molecule has 2 atom stereocenters. The highest BCUT2D eigenvalue weighted by molar-refractivity contribution is 5.80. The molecule has 1 aromatic rings. The van der Waals surface area contributed by atoms with Crippen LogP contribution in [0.25, 0.3) is 0 Å². The summed E-state index contributed by atoms with van der Waals surface area (Å²) in [6, 6.07) is 8.50. The van der Waals surface area contributed by atoms with E-state index in [2.05, 4.69) is 32.2 Å². The van der Waals surface area contributed by atoms with Crippen molar-refractivity contribution in [2.24, 2.45) is 16.6 Å². The maximum Gasteiger partial charge on any atom is 0.217 e. The number of primary amides is 1. The lowest BCUT2D eigenvalue weighted by Crippen LogP contribution is -2.50. The van der Waals surface area contributed by atoms with Crippen molar-refractivity contribution in [2.75, 3.05) is 60.1 Å². The highest BCUT2D eigenvalue weighted by Crippen LogP contribution is 2.24. The van der Waals surface area contributed by atoms with Crippen molar-refractivity contribution in [3.8, 4) is 5.75 Å². The van der Waals surface area contributed by atoms with Gasteiger partial charge in [-0.3, -0.25) is 14.7 Å². The third-order valence-electron chi connectivity index (χ3n) is 5.96. The van der Waals surface area contributed by atoms with E-state index < -0.39 is 0 Å². The van der Waals surface area contributed by atoms with E-state index in [1.165, 1.54) is 5.56 Å². The fourth-order valence-electron chi connectivity index (χ4n) is 4.40. The number of ether oxygens (including phenoxy) is 2.